The number of hydrogen-bond acceptors (Lipinski definition) is 3. The van der Waals surface area contributed by atoms with Gasteiger partial charge in [-0.15, -0.1) is 0 Å². The topological polar surface area (TPSA) is 24.5 Å². The standard InChI is InChI=1S/C10H14N2O/c1-11-8-4-3-5-9-10(8)12(2)6-7-13-9/h3-5,11H,6-7H2,1-2H3. The summed E-state index contributed by atoms with van der Waals surface area (Å²) in [4.78, 5) is 2.21. The summed E-state index contributed by atoms with van der Waals surface area (Å²) < 4.78 is 5.55. The fourth-order valence-corrected chi connectivity index (χ4v) is 1.64. The van der Waals surface area contributed by atoms with E-state index in [2.05, 4.69) is 23.3 Å². The van der Waals surface area contributed by atoms with Crippen molar-refractivity contribution in [1.82, 2.24) is 0 Å². The van der Waals surface area contributed by atoms with E-state index >= 15 is 0 Å². The zero-order chi connectivity index (χ0) is 9.26. The molecule has 0 bridgehead atoms. The van der Waals surface area contributed by atoms with Gasteiger partial charge in [-0.05, 0) is 12.1 Å². The Morgan fingerprint density at radius 3 is 3.08 bits per heavy atom. The average Bonchev–Trinajstić information content (AvgIpc) is 2.17. The van der Waals surface area contributed by atoms with Crippen molar-refractivity contribution in [3.05, 3.63) is 18.2 Å². The minimum absolute atomic E-state index is 0.774. The molecule has 0 amide bonds. The molecule has 1 aliphatic heterocycles. The van der Waals surface area contributed by atoms with E-state index < -0.39 is 0 Å². The lowest BCUT2D eigenvalue weighted by atomic mass is 10.2. The zero-order valence-corrected chi connectivity index (χ0v) is 8.00. The normalized spacial score (nSPS) is 14.8. The van der Waals surface area contributed by atoms with Crippen LogP contribution in [0.15, 0.2) is 18.2 Å². The van der Waals surface area contributed by atoms with Crippen LogP contribution in [0.25, 0.3) is 0 Å². The summed E-state index contributed by atoms with van der Waals surface area (Å²) in [7, 11) is 4.01. The molecule has 3 nitrogen and oxygen atoms in total. The van der Waals surface area contributed by atoms with Gasteiger partial charge in [0.1, 0.15) is 18.0 Å². The smallest absolute Gasteiger partial charge is 0.144 e. The minimum Gasteiger partial charge on any atom is -0.489 e. The van der Waals surface area contributed by atoms with Gasteiger partial charge in [0.2, 0.25) is 0 Å². The lowest BCUT2D eigenvalue weighted by molar-refractivity contribution is 0.311. The van der Waals surface area contributed by atoms with E-state index in [1.165, 1.54) is 0 Å². The lowest BCUT2D eigenvalue weighted by Gasteiger charge is -2.29. The van der Waals surface area contributed by atoms with Gasteiger partial charge in [-0.2, -0.15) is 0 Å². The summed E-state index contributed by atoms with van der Waals surface area (Å²) in [5, 5.41) is 3.16. The summed E-state index contributed by atoms with van der Waals surface area (Å²) in [6.07, 6.45) is 0. The van der Waals surface area contributed by atoms with E-state index in [9.17, 15) is 0 Å². The molecule has 0 atom stereocenters. The van der Waals surface area contributed by atoms with Crippen molar-refractivity contribution in [2.24, 2.45) is 0 Å². The molecule has 0 aliphatic carbocycles. The maximum absolute atomic E-state index is 5.55. The molecule has 1 aromatic rings. The van der Waals surface area contributed by atoms with Crippen LogP contribution in [0.5, 0.6) is 5.75 Å². The monoisotopic (exact) mass is 178 g/mol. The number of benzene rings is 1. The number of fused-ring (bicyclic) bond motifs is 1. The van der Waals surface area contributed by atoms with Crippen LogP contribution in [0.2, 0.25) is 0 Å². The lowest BCUT2D eigenvalue weighted by Crippen LogP contribution is -2.29. The van der Waals surface area contributed by atoms with Gasteiger partial charge in [0.25, 0.3) is 0 Å². The van der Waals surface area contributed by atoms with Crippen molar-refractivity contribution in [2.45, 2.75) is 0 Å². The van der Waals surface area contributed by atoms with Gasteiger partial charge in [0.05, 0.1) is 12.2 Å². The molecular weight excluding hydrogens is 164 g/mol. The number of nitrogens with one attached hydrogen (secondary N) is 1. The molecule has 13 heavy (non-hydrogen) atoms. The first-order chi connectivity index (χ1) is 6.33. The second kappa shape index (κ2) is 3.17. The second-order valence-corrected chi connectivity index (χ2v) is 3.17. The quantitative estimate of drug-likeness (QED) is 0.706. The Bertz CT molecular complexity index is 298. The first kappa shape index (κ1) is 8.23. The fraction of sp³-hybridized carbons (Fsp3) is 0.400. The predicted octanol–water partition coefficient (Wildman–Crippen LogP) is 1.56. The van der Waals surface area contributed by atoms with Crippen LogP contribution in [0.3, 0.4) is 0 Å². The number of nitrogens with zero attached hydrogens (tertiary/aromatic N) is 1. The molecule has 0 radical (unpaired) electrons. The van der Waals surface area contributed by atoms with Crippen molar-refractivity contribution in [1.29, 1.82) is 0 Å². The van der Waals surface area contributed by atoms with Gasteiger partial charge in [0, 0.05) is 14.1 Å². The SMILES string of the molecule is CNc1cccc2c1N(C)CCO2. The predicted molar refractivity (Wildman–Crippen MR) is 54.8 cm³/mol. The van der Waals surface area contributed by atoms with Gasteiger partial charge in [-0.25, -0.2) is 0 Å². The number of ether oxygens (including phenoxy) is 1. The Labute approximate surface area is 78.3 Å². The Morgan fingerprint density at radius 2 is 2.31 bits per heavy atom. The number of para-hydroxylation sites is 1. The summed E-state index contributed by atoms with van der Waals surface area (Å²) in [6, 6.07) is 6.07. The van der Waals surface area contributed by atoms with Crippen molar-refractivity contribution in [3.63, 3.8) is 0 Å². The van der Waals surface area contributed by atoms with Crippen LogP contribution >= 0.6 is 0 Å². The molecule has 0 saturated heterocycles. The summed E-state index contributed by atoms with van der Waals surface area (Å²) in [6.45, 7) is 1.72. The summed E-state index contributed by atoms with van der Waals surface area (Å²) >= 11 is 0. The molecule has 70 valence electrons. The van der Waals surface area contributed by atoms with Gasteiger partial charge >= 0.3 is 0 Å². The Morgan fingerprint density at radius 1 is 1.46 bits per heavy atom. The summed E-state index contributed by atoms with van der Waals surface area (Å²) in [5.74, 6) is 0.973. The minimum atomic E-state index is 0.774. The van der Waals surface area contributed by atoms with Gasteiger partial charge < -0.3 is 15.0 Å². The van der Waals surface area contributed by atoms with Gasteiger partial charge in [-0.1, -0.05) is 6.07 Å². The van der Waals surface area contributed by atoms with Crippen molar-refractivity contribution in [2.75, 3.05) is 37.5 Å². The number of anilines is 2. The molecule has 0 spiro atoms. The van der Waals surface area contributed by atoms with Crippen molar-refractivity contribution < 1.29 is 4.74 Å². The van der Waals surface area contributed by atoms with Crippen LogP contribution < -0.4 is 15.0 Å². The molecule has 0 unspecified atom stereocenters. The molecular formula is C10H14N2O. The zero-order valence-electron chi connectivity index (χ0n) is 8.00. The number of rotatable bonds is 1. The highest BCUT2D eigenvalue weighted by atomic mass is 16.5. The molecule has 0 saturated carbocycles. The van der Waals surface area contributed by atoms with E-state index in [-0.39, 0.29) is 0 Å². The molecule has 1 aromatic carbocycles. The Kier molecular flexibility index (Phi) is 2.00. The molecule has 0 fully saturated rings. The highest BCUT2D eigenvalue weighted by Gasteiger charge is 2.17. The van der Waals surface area contributed by atoms with E-state index in [0.717, 1.165) is 30.3 Å². The Hall–Kier alpha value is -1.38. The maximum atomic E-state index is 5.55. The highest BCUT2D eigenvalue weighted by Crippen LogP contribution is 2.37. The molecule has 0 aromatic heterocycles. The molecule has 1 N–H and O–H groups in total. The molecule has 1 aliphatic rings. The first-order valence-corrected chi connectivity index (χ1v) is 4.47. The van der Waals surface area contributed by atoms with Crippen LogP contribution in [0.1, 0.15) is 0 Å². The van der Waals surface area contributed by atoms with Crippen molar-refractivity contribution >= 4 is 11.4 Å². The van der Waals surface area contributed by atoms with E-state index in [1.54, 1.807) is 0 Å². The van der Waals surface area contributed by atoms with Gasteiger partial charge in [-0.3, -0.25) is 0 Å². The second-order valence-electron chi connectivity index (χ2n) is 3.17. The van der Waals surface area contributed by atoms with Crippen LogP contribution in [0.4, 0.5) is 11.4 Å². The third-order valence-electron chi connectivity index (χ3n) is 2.33. The third kappa shape index (κ3) is 1.30. The number of likely N-dealkylation sites (N-methyl/N-ethyl adjacent to an activating group) is 1. The van der Waals surface area contributed by atoms with E-state index in [4.69, 9.17) is 4.74 Å². The average molecular weight is 178 g/mol. The van der Waals surface area contributed by atoms with Crippen LogP contribution in [-0.4, -0.2) is 27.2 Å². The summed E-state index contributed by atoms with van der Waals surface area (Å²) in [5.41, 5.74) is 2.29. The van der Waals surface area contributed by atoms with Gasteiger partial charge in [0.15, 0.2) is 0 Å². The Balaban J connectivity index is 2.50. The molecule has 2 rings (SSSR count). The van der Waals surface area contributed by atoms with Crippen molar-refractivity contribution in [3.8, 4) is 5.75 Å². The maximum Gasteiger partial charge on any atom is 0.144 e. The molecule has 1 heterocycles. The number of hydrogen-bond donors (Lipinski definition) is 1. The fourth-order valence-electron chi connectivity index (χ4n) is 1.64. The third-order valence-corrected chi connectivity index (χ3v) is 2.33. The highest BCUT2D eigenvalue weighted by molar-refractivity contribution is 5.77. The largest absolute Gasteiger partial charge is 0.489 e. The van der Waals surface area contributed by atoms with Crippen LogP contribution in [0, 0.1) is 0 Å². The van der Waals surface area contributed by atoms with E-state index in [1.807, 2.05) is 19.2 Å². The molecule has 3 heteroatoms. The van der Waals surface area contributed by atoms with E-state index in [0.29, 0.717) is 0 Å². The first-order valence-electron chi connectivity index (χ1n) is 4.47. The van der Waals surface area contributed by atoms with Crippen LogP contribution in [-0.2, 0) is 0 Å².